The molecule has 3 heteroatoms. The van der Waals surface area contributed by atoms with Crippen LogP contribution in [0.25, 0.3) is 0 Å². The molecule has 1 aromatic carbocycles. The maximum atomic E-state index is 13.2. The van der Waals surface area contributed by atoms with Crippen molar-refractivity contribution in [2.45, 2.75) is 44.9 Å². The van der Waals surface area contributed by atoms with Gasteiger partial charge in [0.15, 0.2) is 11.6 Å². The third kappa shape index (κ3) is 2.87. The Bertz CT molecular complexity index is 454. The molecule has 96 valence electrons. The molecule has 0 saturated heterocycles. The second-order valence-electron chi connectivity index (χ2n) is 5.23. The molecule has 1 nitrogen and oxygen atoms in total. The molecule has 1 saturated carbocycles. The highest BCUT2D eigenvalue weighted by Crippen LogP contribution is 2.37. The molecule has 0 bridgehead atoms. The summed E-state index contributed by atoms with van der Waals surface area (Å²) in [6.07, 6.45) is 6.70. The van der Waals surface area contributed by atoms with Gasteiger partial charge in [0.2, 0.25) is 0 Å². The smallest absolute Gasteiger partial charge is 0.159 e. The van der Waals surface area contributed by atoms with E-state index in [1.165, 1.54) is 18.9 Å². The maximum absolute atomic E-state index is 13.2. The van der Waals surface area contributed by atoms with Crippen LogP contribution in [0.4, 0.5) is 8.78 Å². The molecule has 2 rings (SSSR count). The van der Waals surface area contributed by atoms with Gasteiger partial charge in [0.25, 0.3) is 0 Å². The van der Waals surface area contributed by atoms with Crippen molar-refractivity contribution in [2.24, 2.45) is 5.41 Å². The van der Waals surface area contributed by atoms with Crippen molar-refractivity contribution >= 4 is 0 Å². The van der Waals surface area contributed by atoms with Crippen LogP contribution in [0.2, 0.25) is 0 Å². The van der Waals surface area contributed by atoms with E-state index >= 15 is 0 Å². The molecule has 1 fully saturated rings. The van der Waals surface area contributed by atoms with Gasteiger partial charge in [-0.05, 0) is 37.0 Å². The lowest BCUT2D eigenvalue weighted by Gasteiger charge is -2.24. The number of nitrogens with zero attached hydrogens (tertiary/aromatic N) is 1. The first-order valence-corrected chi connectivity index (χ1v) is 6.50. The first kappa shape index (κ1) is 13.0. The van der Waals surface area contributed by atoms with E-state index in [0.29, 0.717) is 6.42 Å². The van der Waals surface area contributed by atoms with Crippen molar-refractivity contribution in [2.75, 3.05) is 0 Å². The van der Waals surface area contributed by atoms with Crippen LogP contribution in [0.3, 0.4) is 0 Å². The zero-order valence-electron chi connectivity index (χ0n) is 10.4. The fourth-order valence-corrected chi connectivity index (χ4v) is 2.77. The number of nitriles is 1. The molecular weight excluding hydrogens is 232 g/mol. The number of rotatable bonds is 2. The van der Waals surface area contributed by atoms with Gasteiger partial charge in [-0.2, -0.15) is 5.26 Å². The van der Waals surface area contributed by atoms with Gasteiger partial charge >= 0.3 is 0 Å². The van der Waals surface area contributed by atoms with E-state index in [1.807, 2.05) is 0 Å². The molecule has 0 spiro atoms. The van der Waals surface area contributed by atoms with Gasteiger partial charge in [0.05, 0.1) is 11.5 Å². The minimum Gasteiger partial charge on any atom is -0.204 e. The number of hydrogen-bond acceptors (Lipinski definition) is 1. The number of halogens is 2. The maximum Gasteiger partial charge on any atom is 0.159 e. The third-order valence-corrected chi connectivity index (χ3v) is 3.82. The van der Waals surface area contributed by atoms with Crippen molar-refractivity contribution in [1.82, 2.24) is 0 Å². The lowest BCUT2D eigenvalue weighted by molar-refractivity contribution is 0.338. The van der Waals surface area contributed by atoms with E-state index in [1.54, 1.807) is 6.07 Å². The van der Waals surface area contributed by atoms with Crippen molar-refractivity contribution in [3.05, 3.63) is 35.4 Å². The van der Waals surface area contributed by atoms with Crippen LogP contribution in [0.5, 0.6) is 0 Å². The largest absolute Gasteiger partial charge is 0.204 e. The van der Waals surface area contributed by atoms with Gasteiger partial charge in [0.1, 0.15) is 0 Å². The SMILES string of the molecule is N#CC1(Cc2ccc(F)c(F)c2)CCCCCC1. The van der Waals surface area contributed by atoms with Gasteiger partial charge in [-0.1, -0.05) is 31.7 Å². The summed E-state index contributed by atoms with van der Waals surface area (Å²) in [7, 11) is 0. The van der Waals surface area contributed by atoms with Crippen molar-refractivity contribution in [1.29, 1.82) is 5.26 Å². The van der Waals surface area contributed by atoms with E-state index in [2.05, 4.69) is 6.07 Å². The minimum atomic E-state index is -0.828. The normalized spacial score (nSPS) is 18.9. The Morgan fingerprint density at radius 2 is 1.72 bits per heavy atom. The molecule has 0 radical (unpaired) electrons. The Morgan fingerprint density at radius 1 is 1.06 bits per heavy atom. The fraction of sp³-hybridized carbons (Fsp3) is 0.533. The van der Waals surface area contributed by atoms with Crippen LogP contribution < -0.4 is 0 Å². The van der Waals surface area contributed by atoms with Crippen LogP contribution in [0, 0.1) is 28.4 Å². The van der Waals surface area contributed by atoms with Crippen molar-refractivity contribution in [3.8, 4) is 6.07 Å². The molecule has 0 heterocycles. The first-order valence-electron chi connectivity index (χ1n) is 6.50. The van der Waals surface area contributed by atoms with Crippen molar-refractivity contribution < 1.29 is 8.78 Å². The molecule has 0 aliphatic heterocycles. The third-order valence-electron chi connectivity index (χ3n) is 3.82. The summed E-state index contributed by atoms with van der Waals surface area (Å²) in [6, 6.07) is 6.38. The summed E-state index contributed by atoms with van der Waals surface area (Å²) in [5, 5.41) is 9.43. The predicted molar refractivity (Wildman–Crippen MR) is 65.8 cm³/mol. The van der Waals surface area contributed by atoms with E-state index in [9.17, 15) is 14.0 Å². The van der Waals surface area contributed by atoms with Gasteiger partial charge in [-0.3, -0.25) is 0 Å². The lowest BCUT2D eigenvalue weighted by Crippen LogP contribution is -2.21. The van der Waals surface area contributed by atoms with Crippen LogP contribution >= 0.6 is 0 Å². The fourth-order valence-electron chi connectivity index (χ4n) is 2.77. The highest BCUT2D eigenvalue weighted by atomic mass is 19.2. The topological polar surface area (TPSA) is 23.8 Å². The summed E-state index contributed by atoms with van der Waals surface area (Å²) in [5.41, 5.74) is 0.332. The van der Waals surface area contributed by atoms with E-state index in [0.717, 1.165) is 37.3 Å². The van der Waals surface area contributed by atoms with Crippen molar-refractivity contribution in [3.63, 3.8) is 0 Å². The quantitative estimate of drug-likeness (QED) is 0.714. The zero-order chi connectivity index (χ0) is 13.0. The average Bonchev–Trinajstić information content (AvgIpc) is 2.60. The molecule has 1 aromatic rings. The molecule has 1 aliphatic rings. The Balaban J connectivity index is 2.18. The van der Waals surface area contributed by atoms with Crippen LogP contribution in [-0.4, -0.2) is 0 Å². The van der Waals surface area contributed by atoms with E-state index in [4.69, 9.17) is 0 Å². The first-order chi connectivity index (χ1) is 8.65. The molecular formula is C15H17F2N. The summed E-state index contributed by atoms with van der Waals surface area (Å²) in [6.45, 7) is 0. The molecule has 0 unspecified atom stereocenters. The van der Waals surface area contributed by atoms with Crippen LogP contribution in [-0.2, 0) is 6.42 Å². The van der Waals surface area contributed by atoms with E-state index in [-0.39, 0.29) is 5.41 Å². The lowest BCUT2D eigenvalue weighted by atomic mass is 9.77. The Kier molecular flexibility index (Phi) is 3.96. The average molecular weight is 249 g/mol. The number of hydrogen-bond donors (Lipinski definition) is 0. The summed E-state index contributed by atoms with van der Waals surface area (Å²) in [5.74, 6) is -1.65. The Hall–Kier alpha value is -1.43. The molecule has 0 aromatic heterocycles. The second kappa shape index (κ2) is 5.48. The summed E-state index contributed by atoms with van der Waals surface area (Å²) in [4.78, 5) is 0. The Morgan fingerprint density at radius 3 is 2.28 bits per heavy atom. The Labute approximate surface area is 106 Å². The highest BCUT2D eigenvalue weighted by molar-refractivity contribution is 5.21. The van der Waals surface area contributed by atoms with Gasteiger partial charge in [-0.25, -0.2) is 8.78 Å². The van der Waals surface area contributed by atoms with Gasteiger partial charge < -0.3 is 0 Å². The summed E-state index contributed by atoms with van der Waals surface area (Å²) >= 11 is 0. The van der Waals surface area contributed by atoms with Gasteiger partial charge in [0, 0.05) is 0 Å². The number of benzene rings is 1. The zero-order valence-corrected chi connectivity index (χ0v) is 10.4. The van der Waals surface area contributed by atoms with Crippen LogP contribution in [0.1, 0.15) is 44.1 Å². The second-order valence-corrected chi connectivity index (χ2v) is 5.23. The predicted octanol–water partition coefficient (Wildman–Crippen LogP) is 4.37. The monoisotopic (exact) mass is 249 g/mol. The molecule has 0 N–H and O–H groups in total. The molecule has 0 atom stereocenters. The van der Waals surface area contributed by atoms with Crippen LogP contribution in [0.15, 0.2) is 18.2 Å². The highest BCUT2D eigenvalue weighted by Gasteiger charge is 2.31. The molecule has 0 amide bonds. The van der Waals surface area contributed by atoms with Gasteiger partial charge in [-0.15, -0.1) is 0 Å². The standard InChI is InChI=1S/C15H17F2N/c16-13-6-5-12(9-14(13)17)10-15(11-18)7-3-1-2-4-8-15/h5-6,9H,1-4,7-8,10H2. The minimum absolute atomic E-state index is 0.388. The molecule has 18 heavy (non-hydrogen) atoms. The molecule has 1 aliphatic carbocycles. The summed E-state index contributed by atoms with van der Waals surface area (Å²) < 4.78 is 26.1. The van der Waals surface area contributed by atoms with E-state index < -0.39 is 11.6 Å².